The van der Waals surface area contributed by atoms with Gasteiger partial charge >= 0.3 is 0 Å². The molecule has 0 saturated carbocycles. The maximum absolute atomic E-state index is 6.40. The van der Waals surface area contributed by atoms with Crippen LogP contribution >= 0.6 is 15.9 Å². The average molecular weight is 346 g/mol. The molecule has 21 heavy (non-hydrogen) atoms. The molecule has 0 aliphatic carbocycles. The van der Waals surface area contributed by atoms with Crippen molar-refractivity contribution in [2.45, 2.75) is 31.7 Å². The monoisotopic (exact) mass is 345 g/mol. The van der Waals surface area contributed by atoms with Gasteiger partial charge in [0.25, 0.3) is 0 Å². The number of benzene rings is 2. The largest absolute Gasteiger partial charge is 0.492 e. The highest BCUT2D eigenvalue weighted by Crippen LogP contribution is 2.39. The summed E-state index contributed by atoms with van der Waals surface area (Å²) in [5.41, 5.74) is 10.2. The number of nitrogens with two attached hydrogens (primary N) is 1. The summed E-state index contributed by atoms with van der Waals surface area (Å²) in [5, 5.41) is 0. The molecule has 1 aliphatic rings. The van der Waals surface area contributed by atoms with Gasteiger partial charge < -0.3 is 10.5 Å². The van der Waals surface area contributed by atoms with Gasteiger partial charge in [-0.3, -0.25) is 0 Å². The third-order valence-electron chi connectivity index (χ3n) is 4.12. The molecule has 3 heteroatoms. The Labute approximate surface area is 134 Å². The first-order chi connectivity index (χ1) is 9.95. The first-order valence-electron chi connectivity index (χ1n) is 7.23. The number of hydrogen-bond donors (Lipinski definition) is 1. The quantitative estimate of drug-likeness (QED) is 0.896. The van der Waals surface area contributed by atoms with E-state index in [9.17, 15) is 0 Å². The normalized spacial score (nSPS) is 17.1. The van der Waals surface area contributed by atoms with Crippen LogP contribution in [0.5, 0.6) is 5.75 Å². The second-order valence-electron chi connectivity index (χ2n) is 6.37. The van der Waals surface area contributed by atoms with Gasteiger partial charge in [-0.05, 0) is 41.8 Å². The Kier molecular flexibility index (Phi) is 3.80. The molecule has 0 spiro atoms. The third-order valence-corrected chi connectivity index (χ3v) is 4.65. The summed E-state index contributed by atoms with van der Waals surface area (Å²) in [6.45, 7) is 5.17. The third kappa shape index (κ3) is 2.99. The first kappa shape index (κ1) is 14.6. The van der Waals surface area contributed by atoms with Crippen molar-refractivity contribution in [3.63, 3.8) is 0 Å². The van der Waals surface area contributed by atoms with Crippen molar-refractivity contribution >= 4 is 15.9 Å². The lowest BCUT2D eigenvalue weighted by Crippen LogP contribution is -2.19. The van der Waals surface area contributed by atoms with Crippen LogP contribution in [0.3, 0.4) is 0 Å². The highest BCUT2D eigenvalue weighted by molar-refractivity contribution is 9.10. The number of halogens is 1. The topological polar surface area (TPSA) is 35.2 Å². The molecule has 110 valence electrons. The van der Waals surface area contributed by atoms with E-state index in [0.29, 0.717) is 0 Å². The van der Waals surface area contributed by atoms with Crippen LogP contribution in [-0.2, 0) is 11.8 Å². The SMILES string of the molecule is CC1(C)COc2ccc(C(N)Cc3ccc(Br)cc3)cc21. The molecule has 0 aromatic heterocycles. The van der Waals surface area contributed by atoms with E-state index in [1.807, 2.05) is 0 Å². The minimum absolute atomic E-state index is 0.00729. The van der Waals surface area contributed by atoms with Gasteiger partial charge in [-0.1, -0.05) is 48.0 Å². The summed E-state index contributed by atoms with van der Waals surface area (Å²) in [7, 11) is 0. The summed E-state index contributed by atoms with van der Waals surface area (Å²) in [5.74, 6) is 1.000. The zero-order valence-corrected chi connectivity index (χ0v) is 14.0. The summed E-state index contributed by atoms with van der Waals surface area (Å²) >= 11 is 3.46. The van der Waals surface area contributed by atoms with E-state index in [4.69, 9.17) is 10.5 Å². The molecule has 2 aromatic carbocycles. The lowest BCUT2D eigenvalue weighted by atomic mass is 9.85. The van der Waals surface area contributed by atoms with Crippen LogP contribution in [0.2, 0.25) is 0 Å². The van der Waals surface area contributed by atoms with Gasteiger partial charge in [0, 0.05) is 21.5 Å². The molecule has 3 rings (SSSR count). The van der Waals surface area contributed by atoms with Gasteiger partial charge in [-0.2, -0.15) is 0 Å². The molecule has 1 aliphatic heterocycles. The predicted molar refractivity (Wildman–Crippen MR) is 89.7 cm³/mol. The van der Waals surface area contributed by atoms with Crippen LogP contribution in [0.1, 0.15) is 36.6 Å². The van der Waals surface area contributed by atoms with Gasteiger partial charge in [-0.15, -0.1) is 0 Å². The zero-order valence-electron chi connectivity index (χ0n) is 12.4. The van der Waals surface area contributed by atoms with Gasteiger partial charge in [-0.25, -0.2) is 0 Å². The van der Waals surface area contributed by atoms with Crippen molar-refractivity contribution in [3.8, 4) is 5.75 Å². The van der Waals surface area contributed by atoms with Crippen LogP contribution in [-0.4, -0.2) is 6.61 Å². The highest BCUT2D eigenvalue weighted by Gasteiger charge is 2.32. The van der Waals surface area contributed by atoms with Gasteiger partial charge in [0.2, 0.25) is 0 Å². The van der Waals surface area contributed by atoms with Gasteiger partial charge in [0.1, 0.15) is 5.75 Å². The number of rotatable bonds is 3. The smallest absolute Gasteiger partial charge is 0.123 e. The summed E-state index contributed by atoms with van der Waals surface area (Å²) in [6.07, 6.45) is 0.841. The molecular formula is C18H20BrNO. The fourth-order valence-electron chi connectivity index (χ4n) is 2.76. The van der Waals surface area contributed by atoms with E-state index in [2.05, 4.69) is 72.2 Å². The first-order valence-corrected chi connectivity index (χ1v) is 8.02. The van der Waals surface area contributed by atoms with Crippen LogP contribution < -0.4 is 10.5 Å². The fourth-order valence-corrected chi connectivity index (χ4v) is 3.03. The lowest BCUT2D eigenvalue weighted by molar-refractivity contribution is 0.291. The maximum Gasteiger partial charge on any atom is 0.123 e. The molecular weight excluding hydrogens is 326 g/mol. The van der Waals surface area contributed by atoms with Crippen molar-refractivity contribution < 1.29 is 4.74 Å². The second-order valence-corrected chi connectivity index (χ2v) is 7.28. The van der Waals surface area contributed by atoms with Crippen LogP contribution in [0.25, 0.3) is 0 Å². The Balaban J connectivity index is 1.82. The molecule has 2 N–H and O–H groups in total. The Morgan fingerprint density at radius 3 is 2.62 bits per heavy atom. The van der Waals surface area contributed by atoms with Gasteiger partial charge in [0.15, 0.2) is 0 Å². The Morgan fingerprint density at radius 1 is 1.19 bits per heavy atom. The molecule has 0 fully saturated rings. The molecule has 2 nitrogen and oxygen atoms in total. The highest BCUT2D eigenvalue weighted by atomic mass is 79.9. The van der Waals surface area contributed by atoms with Crippen molar-refractivity contribution in [3.05, 3.63) is 63.6 Å². The lowest BCUT2D eigenvalue weighted by Gasteiger charge is -2.18. The van der Waals surface area contributed by atoms with Crippen LogP contribution in [0.4, 0.5) is 0 Å². The minimum Gasteiger partial charge on any atom is -0.492 e. The average Bonchev–Trinajstić information content (AvgIpc) is 2.77. The summed E-state index contributed by atoms with van der Waals surface area (Å²) in [6, 6.07) is 14.7. The van der Waals surface area contributed by atoms with E-state index in [1.165, 1.54) is 16.7 Å². The molecule has 0 amide bonds. The molecule has 1 atom stereocenters. The zero-order chi connectivity index (χ0) is 15.0. The van der Waals surface area contributed by atoms with Crippen molar-refractivity contribution in [2.24, 2.45) is 5.73 Å². The molecule has 0 radical (unpaired) electrons. The maximum atomic E-state index is 6.40. The molecule has 2 aromatic rings. The minimum atomic E-state index is 0.00729. The molecule has 0 saturated heterocycles. The van der Waals surface area contributed by atoms with Gasteiger partial charge in [0.05, 0.1) is 6.61 Å². The Hall–Kier alpha value is -1.32. The van der Waals surface area contributed by atoms with Crippen molar-refractivity contribution in [2.75, 3.05) is 6.61 Å². The number of hydrogen-bond acceptors (Lipinski definition) is 2. The number of fused-ring (bicyclic) bond motifs is 1. The van der Waals surface area contributed by atoms with Crippen molar-refractivity contribution in [1.29, 1.82) is 0 Å². The second kappa shape index (κ2) is 5.47. The van der Waals surface area contributed by atoms with Crippen molar-refractivity contribution in [1.82, 2.24) is 0 Å². The Morgan fingerprint density at radius 2 is 1.90 bits per heavy atom. The molecule has 1 unspecified atom stereocenters. The van der Waals surface area contributed by atoms with E-state index >= 15 is 0 Å². The standard InChI is InChI=1S/C18H20BrNO/c1-18(2)11-21-17-8-5-13(10-15(17)18)16(20)9-12-3-6-14(19)7-4-12/h3-8,10,16H,9,11,20H2,1-2H3. The van der Waals surface area contributed by atoms with E-state index in [-0.39, 0.29) is 11.5 Å². The van der Waals surface area contributed by atoms with Crippen LogP contribution in [0, 0.1) is 0 Å². The number of ether oxygens (including phenoxy) is 1. The molecule has 1 heterocycles. The fraction of sp³-hybridized carbons (Fsp3) is 0.333. The van der Waals surface area contributed by atoms with Crippen LogP contribution in [0.15, 0.2) is 46.9 Å². The van der Waals surface area contributed by atoms with E-state index < -0.39 is 0 Å². The molecule has 0 bridgehead atoms. The predicted octanol–water partition coefficient (Wildman–Crippen LogP) is 4.36. The van der Waals surface area contributed by atoms with E-state index in [1.54, 1.807) is 0 Å². The summed E-state index contributed by atoms with van der Waals surface area (Å²) < 4.78 is 6.83. The Bertz CT molecular complexity index is 649. The summed E-state index contributed by atoms with van der Waals surface area (Å²) in [4.78, 5) is 0. The van der Waals surface area contributed by atoms with E-state index in [0.717, 1.165) is 23.2 Å².